The minimum absolute atomic E-state index is 0.00143. The van der Waals surface area contributed by atoms with E-state index < -0.39 is 11.9 Å². The van der Waals surface area contributed by atoms with Crippen molar-refractivity contribution in [3.63, 3.8) is 0 Å². The average molecular weight is 546 g/mol. The van der Waals surface area contributed by atoms with Crippen LogP contribution in [-0.4, -0.2) is 42.3 Å². The summed E-state index contributed by atoms with van der Waals surface area (Å²) in [4.78, 5) is 43.6. The van der Waals surface area contributed by atoms with Crippen LogP contribution in [0.1, 0.15) is 21.5 Å². The van der Waals surface area contributed by atoms with Crippen LogP contribution in [-0.2, 0) is 22.6 Å². The number of carbonyl (C=O) groups is 3. The van der Waals surface area contributed by atoms with Gasteiger partial charge in [-0.25, -0.2) is 0 Å². The Morgan fingerprint density at radius 3 is 2.24 bits per heavy atom. The number of nitrogens with one attached hydrogen (secondary N) is 1. The van der Waals surface area contributed by atoms with Crippen LogP contribution in [0.5, 0.6) is 0 Å². The zero-order chi connectivity index (χ0) is 26.8. The van der Waals surface area contributed by atoms with Gasteiger partial charge in [0.05, 0.1) is 5.69 Å². The molecule has 1 N–H and O–H groups in total. The van der Waals surface area contributed by atoms with Crippen molar-refractivity contribution >= 4 is 57.4 Å². The number of amides is 3. The van der Waals surface area contributed by atoms with Gasteiger partial charge >= 0.3 is 0 Å². The lowest BCUT2D eigenvalue weighted by atomic mass is 10.0. The van der Waals surface area contributed by atoms with Gasteiger partial charge in [0.15, 0.2) is 0 Å². The summed E-state index contributed by atoms with van der Waals surface area (Å²) in [6.45, 7) is -0.238. The molecule has 0 fully saturated rings. The number of rotatable bonds is 8. The molecule has 0 aromatic heterocycles. The highest BCUT2D eigenvalue weighted by Gasteiger charge is 2.36. The maximum absolute atomic E-state index is 14.1. The van der Waals surface area contributed by atoms with Gasteiger partial charge in [-0.1, -0.05) is 83.9 Å². The highest BCUT2D eigenvalue weighted by atomic mass is 35.5. The molecular weight excluding hydrogens is 521 g/mol. The summed E-state index contributed by atoms with van der Waals surface area (Å²) < 4.78 is 0. The first-order valence-electron chi connectivity index (χ1n) is 12.2. The molecule has 0 bridgehead atoms. The van der Waals surface area contributed by atoms with Gasteiger partial charge in [-0.05, 0) is 35.2 Å². The first-order chi connectivity index (χ1) is 18.4. The molecule has 5 rings (SSSR count). The third-order valence-corrected chi connectivity index (χ3v) is 7.56. The molecule has 0 unspecified atom stereocenters. The molecule has 3 amide bonds. The van der Waals surface area contributed by atoms with Crippen molar-refractivity contribution in [2.75, 3.05) is 18.5 Å². The first-order valence-corrected chi connectivity index (χ1v) is 13.0. The van der Waals surface area contributed by atoms with Crippen molar-refractivity contribution in [1.82, 2.24) is 10.2 Å². The molecule has 1 atom stereocenters. The van der Waals surface area contributed by atoms with Gasteiger partial charge in [-0.15, -0.1) is 0 Å². The van der Waals surface area contributed by atoms with Gasteiger partial charge in [0.25, 0.3) is 5.91 Å². The van der Waals surface area contributed by atoms with Crippen LogP contribution < -0.4 is 10.2 Å². The van der Waals surface area contributed by atoms with Crippen molar-refractivity contribution in [2.45, 2.75) is 19.0 Å². The van der Waals surface area contributed by atoms with Crippen LogP contribution in [0.25, 0.3) is 10.8 Å². The Morgan fingerprint density at radius 1 is 0.895 bits per heavy atom. The Labute approximate surface area is 230 Å². The van der Waals surface area contributed by atoms with Gasteiger partial charge in [0, 0.05) is 46.6 Å². The van der Waals surface area contributed by atoms with Crippen LogP contribution in [0.4, 0.5) is 5.69 Å². The fourth-order valence-corrected chi connectivity index (χ4v) is 5.45. The van der Waals surface area contributed by atoms with Crippen LogP contribution in [0.2, 0.25) is 10.0 Å². The van der Waals surface area contributed by atoms with E-state index in [1.165, 1.54) is 16.8 Å². The molecule has 1 aliphatic heterocycles. The first kappa shape index (κ1) is 25.8. The van der Waals surface area contributed by atoms with Crippen LogP contribution in [0.3, 0.4) is 0 Å². The lowest BCUT2D eigenvalue weighted by Crippen LogP contribution is -2.52. The Balaban J connectivity index is 1.53. The molecule has 0 saturated carbocycles. The number of hydrogen-bond donors (Lipinski definition) is 1. The quantitative estimate of drug-likeness (QED) is 0.318. The molecule has 0 aliphatic carbocycles. The molecule has 0 saturated heterocycles. The molecule has 38 heavy (non-hydrogen) atoms. The van der Waals surface area contributed by atoms with Crippen molar-refractivity contribution in [3.05, 3.63) is 112 Å². The molecule has 192 valence electrons. The van der Waals surface area contributed by atoms with Crippen molar-refractivity contribution in [2.24, 2.45) is 0 Å². The molecule has 4 aromatic rings. The minimum atomic E-state index is -0.863. The topological polar surface area (TPSA) is 69.7 Å². The Bertz CT molecular complexity index is 1520. The number of halogens is 2. The summed E-state index contributed by atoms with van der Waals surface area (Å²) in [7, 11) is 1.53. The maximum Gasteiger partial charge on any atom is 0.259 e. The largest absolute Gasteiger partial charge is 0.357 e. The lowest BCUT2D eigenvalue weighted by Gasteiger charge is -2.33. The fourth-order valence-electron chi connectivity index (χ4n) is 4.94. The second-order valence-electron chi connectivity index (χ2n) is 9.11. The Kier molecular flexibility index (Phi) is 7.36. The van der Waals surface area contributed by atoms with E-state index in [-0.39, 0.29) is 31.3 Å². The van der Waals surface area contributed by atoms with E-state index in [0.29, 0.717) is 26.9 Å². The van der Waals surface area contributed by atoms with Crippen molar-refractivity contribution in [1.29, 1.82) is 0 Å². The van der Waals surface area contributed by atoms with Crippen molar-refractivity contribution in [3.8, 4) is 0 Å². The van der Waals surface area contributed by atoms with Gasteiger partial charge < -0.3 is 10.2 Å². The number of nitrogens with zero attached hydrogens (tertiary/aromatic N) is 2. The SMILES string of the molecule is CNC(=O)[C@H](Cc1ccccc1)N(Cc1c(Cl)cccc1Cl)C(=O)CN1C(=O)c2cccc3cccc1c23. The number of benzene rings is 4. The molecule has 8 heteroatoms. The number of likely N-dealkylation sites (N-methyl/N-ethyl adjacent to an activating group) is 1. The van der Waals surface area contributed by atoms with Gasteiger partial charge in [0.1, 0.15) is 12.6 Å². The second kappa shape index (κ2) is 10.9. The molecular formula is C30H25Cl2N3O3. The van der Waals surface area contributed by atoms with Crippen molar-refractivity contribution < 1.29 is 14.4 Å². The Morgan fingerprint density at radius 2 is 1.55 bits per heavy atom. The second-order valence-corrected chi connectivity index (χ2v) is 9.93. The third kappa shape index (κ3) is 4.85. The maximum atomic E-state index is 14.1. The van der Waals surface area contributed by atoms with E-state index in [0.717, 1.165) is 16.3 Å². The van der Waals surface area contributed by atoms with Crippen LogP contribution in [0, 0.1) is 0 Å². The monoisotopic (exact) mass is 545 g/mol. The molecule has 0 radical (unpaired) electrons. The van der Waals surface area contributed by atoms with E-state index in [4.69, 9.17) is 23.2 Å². The average Bonchev–Trinajstić information content (AvgIpc) is 3.20. The molecule has 1 aliphatic rings. The summed E-state index contributed by atoms with van der Waals surface area (Å²) in [5.74, 6) is -0.979. The molecule has 1 heterocycles. The molecule has 4 aromatic carbocycles. The van der Waals surface area contributed by atoms with Gasteiger partial charge in [-0.3, -0.25) is 19.3 Å². The highest BCUT2D eigenvalue weighted by molar-refractivity contribution is 6.36. The fraction of sp³-hybridized carbons (Fsp3) is 0.167. The summed E-state index contributed by atoms with van der Waals surface area (Å²) >= 11 is 13.0. The van der Waals surface area contributed by atoms with E-state index in [2.05, 4.69) is 5.32 Å². The summed E-state index contributed by atoms with van der Waals surface area (Å²) in [6.07, 6.45) is 0.276. The van der Waals surface area contributed by atoms with Gasteiger partial charge in [-0.2, -0.15) is 0 Å². The van der Waals surface area contributed by atoms with E-state index in [9.17, 15) is 14.4 Å². The Hall–Kier alpha value is -3.87. The number of carbonyl (C=O) groups excluding carboxylic acids is 3. The summed E-state index contributed by atoms with van der Waals surface area (Å²) in [6, 6.07) is 24.9. The predicted octanol–water partition coefficient (Wildman–Crippen LogP) is 5.49. The zero-order valence-corrected chi connectivity index (χ0v) is 22.2. The minimum Gasteiger partial charge on any atom is -0.357 e. The summed E-state index contributed by atoms with van der Waals surface area (Å²) in [5, 5.41) is 5.21. The molecule has 0 spiro atoms. The third-order valence-electron chi connectivity index (χ3n) is 6.85. The normalized spacial score (nSPS) is 13.0. The predicted molar refractivity (Wildman–Crippen MR) is 151 cm³/mol. The smallest absolute Gasteiger partial charge is 0.259 e. The highest BCUT2D eigenvalue weighted by Crippen LogP contribution is 2.37. The summed E-state index contributed by atoms with van der Waals surface area (Å²) in [5.41, 5.74) is 2.65. The van der Waals surface area contributed by atoms with E-state index in [1.54, 1.807) is 24.3 Å². The number of hydrogen-bond acceptors (Lipinski definition) is 3. The van der Waals surface area contributed by atoms with E-state index >= 15 is 0 Å². The van der Waals surface area contributed by atoms with Gasteiger partial charge in [0.2, 0.25) is 11.8 Å². The van der Waals surface area contributed by atoms with Crippen LogP contribution >= 0.6 is 23.2 Å². The number of anilines is 1. The zero-order valence-electron chi connectivity index (χ0n) is 20.7. The standard InChI is InChI=1S/C30H25Cl2N3O3/c1-33-29(37)26(16-19-8-3-2-4-9-19)34(17-22-23(31)13-7-14-24(22)32)27(36)18-35-25-15-6-11-20-10-5-12-21(28(20)25)30(35)38/h2-15,26H,16-18H2,1H3,(H,33,37)/t26-/m0/s1. The van der Waals surface area contributed by atoms with E-state index in [1.807, 2.05) is 60.7 Å². The lowest BCUT2D eigenvalue weighted by molar-refractivity contribution is -0.140. The van der Waals surface area contributed by atoms with Crippen LogP contribution in [0.15, 0.2) is 84.9 Å². The molecule has 6 nitrogen and oxygen atoms in total.